The lowest BCUT2D eigenvalue weighted by Gasteiger charge is -2.27. The van der Waals surface area contributed by atoms with E-state index in [4.69, 9.17) is 9.72 Å². The van der Waals surface area contributed by atoms with Crippen LogP contribution in [0, 0.1) is 5.82 Å². The Morgan fingerprint density at radius 1 is 1.12 bits per heavy atom. The third-order valence-electron chi connectivity index (χ3n) is 6.11. The predicted octanol–water partition coefficient (Wildman–Crippen LogP) is 6.46. The molecular weight excluding hydrogens is 405 g/mol. The van der Waals surface area contributed by atoms with Crippen molar-refractivity contribution in [1.82, 2.24) is 4.98 Å². The standard InChI is InChI=1S/C27H22FNO3/c1-3-32-17-9-11-24-21(14-17)25(27(30)31)22-12-15(2)20-13-16(8-10-19(20)26(22)29-24)18-6-4-5-7-23(18)28/h4-11,13-15H,3,12H2,1-2H3,(H,30,31). The van der Waals surface area contributed by atoms with E-state index in [-0.39, 0.29) is 17.3 Å². The second-order valence-electron chi connectivity index (χ2n) is 8.12. The third kappa shape index (κ3) is 3.21. The van der Waals surface area contributed by atoms with Crippen LogP contribution >= 0.6 is 0 Å². The fourth-order valence-corrected chi connectivity index (χ4v) is 4.67. The number of aromatic nitrogens is 1. The minimum absolute atomic E-state index is 0.0663. The molecule has 1 aliphatic carbocycles. The molecule has 1 unspecified atom stereocenters. The van der Waals surface area contributed by atoms with Gasteiger partial charge in [0.05, 0.1) is 23.4 Å². The number of hydrogen-bond donors (Lipinski definition) is 1. The Hall–Kier alpha value is -3.73. The zero-order chi connectivity index (χ0) is 22.4. The summed E-state index contributed by atoms with van der Waals surface area (Å²) in [6.07, 6.45) is 0.548. The normalized spacial score (nSPS) is 14.7. The molecule has 3 aromatic carbocycles. The number of carboxylic acid groups (broad SMARTS) is 1. The monoisotopic (exact) mass is 427 g/mol. The molecule has 0 saturated heterocycles. The van der Waals surface area contributed by atoms with Crippen molar-refractivity contribution in [3.63, 3.8) is 0 Å². The van der Waals surface area contributed by atoms with E-state index in [1.54, 1.807) is 24.3 Å². The first kappa shape index (κ1) is 20.2. The largest absolute Gasteiger partial charge is 0.494 e. The number of pyridine rings is 1. The van der Waals surface area contributed by atoms with Crippen LogP contribution in [0.3, 0.4) is 0 Å². The summed E-state index contributed by atoms with van der Waals surface area (Å²) in [5.74, 6) is -0.542. The van der Waals surface area contributed by atoms with Crippen LogP contribution in [0.5, 0.6) is 5.75 Å². The SMILES string of the molecule is CCOc1ccc2nc3c(c(C(=O)O)c2c1)CC(C)c1cc(-c2ccccc2F)ccc1-3. The first-order valence-electron chi connectivity index (χ1n) is 10.7. The molecule has 4 aromatic rings. The lowest BCUT2D eigenvalue weighted by Crippen LogP contribution is -2.16. The molecule has 1 atom stereocenters. The Labute approximate surface area is 185 Å². The summed E-state index contributed by atoms with van der Waals surface area (Å²) in [5, 5.41) is 10.7. The molecule has 0 spiro atoms. The second kappa shape index (κ2) is 7.75. The molecule has 0 radical (unpaired) electrons. The van der Waals surface area contributed by atoms with Crippen molar-refractivity contribution < 1.29 is 19.0 Å². The van der Waals surface area contributed by atoms with Gasteiger partial charge in [-0.05, 0) is 60.2 Å². The summed E-state index contributed by atoms with van der Waals surface area (Å²) >= 11 is 0. The lowest BCUT2D eigenvalue weighted by molar-refractivity contribution is 0.0697. The molecule has 160 valence electrons. The maximum atomic E-state index is 14.4. The van der Waals surface area contributed by atoms with Crippen LogP contribution in [-0.2, 0) is 6.42 Å². The van der Waals surface area contributed by atoms with Crippen molar-refractivity contribution in [2.45, 2.75) is 26.2 Å². The average Bonchev–Trinajstić information content (AvgIpc) is 2.78. The van der Waals surface area contributed by atoms with Crippen molar-refractivity contribution in [3.05, 3.63) is 83.2 Å². The Balaban J connectivity index is 1.74. The van der Waals surface area contributed by atoms with Gasteiger partial charge in [0, 0.05) is 16.5 Å². The van der Waals surface area contributed by atoms with Crippen molar-refractivity contribution >= 4 is 16.9 Å². The van der Waals surface area contributed by atoms with Crippen LogP contribution in [0.15, 0.2) is 60.7 Å². The molecule has 0 bridgehead atoms. The van der Waals surface area contributed by atoms with E-state index in [0.29, 0.717) is 40.9 Å². The molecule has 0 saturated carbocycles. The van der Waals surface area contributed by atoms with Gasteiger partial charge in [0.2, 0.25) is 0 Å². The van der Waals surface area contributed by atoms with Gasteiger partial charge in [-0.15, -0.1) is 0 Å². The van der Waals surface area contributed by atoms with Gasteiger partial charge in [-0.2, -0.15) is 0 Å². The van der Waals surface area contributed by atoms with Crippen LogP contribution in [0.25, 0.3) is 33.3 Å². The fourth-order valence-electron chi connectivity index (χ4n) is 4.67. The van der Waals surface area contributed by atoms with Crippen LogP contribution in [-0.4, -0.2) is 22.7 Å². The molecule has 5 heteroatoms. The highest BCUT2D eigenvalue weighted by Gasteiger charge is 2.29. The molecular formula is C27H22FNO3. The topological polar surface area (TPSA) is 59.4 Å². The number of carboxylic acids is 1. The summed E-state index contributed by atoms with van der Waals surface area (Å²) in [7, 11) is 0. The van der Waals surface area contributed by atoms with E-state index in [1.165, 1.54) is 6.07 Å². The number of benzene rings is 3. The predicted molar refractivity (Wildman–Crippen MR) is 123 cm³/mol. The highest BCUT2D eigenvalue weighted by atomic mass is 19.1. The van der Waals surface area contributed by atoms with Crippen LogP contribution in [0.1, 0.15) is 41.3 Å². The maximum Gasteiger partial charge on any atom is 0.336 e. The minimum Gasteiger partial charge on any atom is -0.494 e. The van der Waals surface area contributed by atoms with Crippen molar-refractivity contribution in [2.24, 2.45) is 0 Å². The quantitative estimate of drug-likeness (QED) is 0.406. The molecule has 0 aliphatic heterocycles. The molecule has 0 fully saturated rings. The van der Waals surface area contributed by atoms with E-state index in [0.717, 1.165) is 22.3 Å². The van der Waals surface area contributed by atoms with Crippen LogP contribution < -0.4 is 4.74 Å². The minimum atomic E-state index is -0.971. The van der Waals surface area contributed by atoms with Gasteiger partial charge in [0.25, 0.3) is 0 Å². The summed E-state index contributed by atoms with van der Waals surface area (Å²) in [6.45, 7) is 4.46. The Kier molecular flexibility index (Phi) is 4.89. The van der Waals surface area contributed by atoms with Gasteiger partial charge in [-0.3, -0.25) is 0 Å². The number of carbonyl (C=O) groups is 1. The van der Waals surface area contributed by atoms with Gasteiger partial charge in [0.15, 0.2) is 0 Å². The molecule has 5 rings (SSSR count). The highest BCUT2D eigenvalue weighted by Crippen LogP contribution is 2.43. The first-order chi connectivity index (χ1) is 15.5. The number of ether oxygens (including phenoxy) is 1. The summed E-state index contributed by atoms with van der Waals surface area (Å²) in [5.41, 5.74) is 5.62. The smallest absolute Gasteiger partial charge is 0.336 e. The molecule has 1 heterocycles. The van der Waals surface area contributed by atoms with Crippen LogP contribution in [0.4, 0.5) is 4.39 Å². The maximum absolute atomic E-state index is 14.4. The second-order valence-corrected chi connectivity index (χ2v) is 8.12. The van der Waals surface area contributed by atoms with Gasteiger partial charge in [-0.25, -0.2) is 14.2 Å². The number of halogens is 1. The van der Waals surface area contributed by atoms with Gasteiger partial charge >= 0.3 is 5.97 Å². The van der Waals surface area contributed by atoms with E-state index in [9.17, 15) is 14.3 Å². The van der Waals surface area contributed by atoms with Gasteiger partial charge < -0.3 is 9.84 Å². The summed E-state index contributed by atoms with van der Waals surface area (Å²) in [6, 6.07) is 17.9. The molecule has 4 nitrogen and oxygen atoms in total. The van der Waals surface area contributed by atoms with E-state index in [1.807, 2.05) is 37.3 Å². The average molecular weight is 427 g/mol. The zero-order valence-electron chi connectivity index (χ0n) is 17.9. The van der Waals surface area contributed by atoms with Gasteiger partial charge in [0.1, 0.15) is 11.6 Å². The third-order valence-corrected chi connectivity index (χ3v) is 6.11. The van der Waals surface area contributed by atoms with Crippen molar-refractivity contribution in [2.75, 3.05) is 6.61 Å². The van der Waals surface area contributed by atoms with E-state index < -0.39 is 5.97 Å². The summed E-state index contributed by atoms with van der Waals surface area (Å²) < 4.78 is 19.9. The van der Waals surface area contributed by atoms with E-state index >= 15 is 0 Å². The number of fused-ring (bicyclic) bond motifs is 4. The highest BCUT2D eigenvalue weighted by molar-refractivity contribution is 6.06. The Morgan fingerprint density at radius 3 is 2.69 bits per heavy atom. The fraction of sp³-hybridized carbons (Fsp3) is 0.185. The van der Waals surface area contributed by atoms with Crippen LogP contribution in [0.2, 0.25) is 0 Å². The first-order valence-corrected chi connectivity index (χ1v) is 10.7. The number of hydrogen-bond acceptors (Lipinski definition) is 3. The van der Waals surface area contributed by atoms with Gasteiger partial charge in [-0.1, -0.05) is 43.3 Å². The van der Waals surface area contributed by atoms with Crippen molar-refractivity contribution in [1.29, 1.82) is 0 Å². The Morgan fingerprint density at radius 2 is 1.94 bits per heavy atom. The molecule has 1 aliphatic rings. The van der Waals surface area contributed by atoms with E-state index in [2.05, 4.69) is 6.92 Å². The number of rotatable bonds is 4. The molecule has 1 N–H and O–H groups in total. The Bertz CT molecular complexity index is 1380. The molecule has 0 amide bonds. The zero-order valence-corrected chi connectivity index (χ0v) is 17.9. The number of aromatic carboxylic acids is 1. The number of nitrogens with zero attached hydrogens (tertiary/aromatic N) is 1. The molecule has 1 aromatic heterocycles. The summed E-state index contributed by atoms with van der Waals surface area (Å²) in [4.78, 5) is 17.2. The lowest BCUT2D eigenvalue weighted by atomic mass is 9.78. The van der Waals surface area contributed by atoms with Crippen molar-refractivity contribution in [3.8, 4) is 28.1 Å². The molecule has 32 heavy (non-hydrogen) atoms.